The van der Waals surface area contributed by atoms with Crippen LogP contribution in [0, 0.1) is 23.7 Å². The van der Waals surface area contributed by atoms with Gasteiger partial charge in [0, 0.05) is 69.0 Å². The molecule has 2 aliphatic carbocycles. The second kappa shape index (κ2) is 35.3. The summed E-state index contributed by atoms with van der Waals surface area (Å²) in [6, 6.07) is -5.61. The first-order valence-corrected chi connectivity index (χ1v) is 35.6. The van der Waals surface area contributed by atoms with Gasteiger partial charge in [-0.05, 0) is 125 Å². The van der Waals surface area contributed by atoms with Crippen LogP contribution in [0.2, 0.25) is 5.02 Å². The van der Waals surface area contributed by atoms with Crippen LogP contribution in [-0.4, -0.2) is 251 Å². The fourth-order valence-electron chi connectivity index (χ4n) is 14.6. The average Bonchev–Trinajstić information content (AvgIpc) is 1.17. The molecular weight excluding hydrogens is 1290 g/mol. The Morgan fingerprint density at radius 2 is 1.19 bits per heavy atom. The molecule has 2 saturated carbocycles. The molecule has 12 amide bonds. The lowest BCUT2D eigenvalue weighted by Crippen LogP contribution is -2.65. The molecule has 5 fully saturated rings. The van der Waals surface area contributed by atoms with Gasteiger partial charge in [-0.25, -0.2) is 0 Å². The molecule has 98 heavy (non-hydrogen) atoms. The molecule has 1 spiro atoms. The van der Waals surface area contributed by atoms with Gasteiger partial charge in [0.05, 0.1) is 36.6 Å². The number of piperidine rings is 1. The second-order valence-corrected chi connectivity index (χ2v) is 29.5. The van der Waals surface area contributed by atoms with Gasteiger partial charge in [0.1, 0.15) is 47.8 Å². The van der Waals surface area contributed by atoms with Crippen molar-refractivity contribution in [2.45, 2.75) is 224 Å². The summed E-state index contributed by atoms with van der Waals surface area (Å²) < 4.78 is 41.5. The van der Waals surface area contributed by atoms with E-state index in [9.17, 15) is 41.9 Å². The van der Waals surface area contributed by atoms with Crippen molar-refractivity contribution in [2.75, 3.05) is 88.6 Å². The normalized spacial score (nSPS) is 26.2. The van der Waals surface area contributed by atoms with E-state index < -0.39 is 173 Å². The number of halogens is 4. The Balaban J connectivity index is 1.43. The highest BCUT2D eigenvalue weighted by atomic mass is 35.5. The van der Waals surface area contributed by atoms with E-state index in [-0.39, 0.29) is 63.3 Å². The minimum Gasteiger partial charge on any atom is -0.343 e. The molecule has 24 nitrogen and oxygen atoms in total. The molecule has 0 radical (unpaired) electrons. The van der Waals surface area contributed by atoms with Crippen LogP contribution >= 0.6 is 11.6 Å². The predicted octanol–water partition coefficient (Wildman–Crippen LogP) is 5.50. The van der Waals surface area contributed by atoms with Crippen molar-refractivity contribution in [1.82, 2.24) is 60.0 Å². The molecule has 6 rings (SSSR count). The van der Waals surface area contributed by atoms with Crippen molar-refractivity contribution in [3.63, 3.8) is 0 Å². The number of hydrogen-bond donors (Lipinski definition) is 3. The Morgan fingerprint density at radius 1 is 0.612 bits per heavy atom. The Labute approximate surface area is 581 Å². The van der Waals surface area contributed by atoms with Crippen LogP contribution in [-0.2, 0) is 70.1 Å². The Kier molecular flexibility index (Phi) is 28.8. The van der Waals surface area contributed by atoms with Gasteiger partial charge in [-0.1, -0.05) is 97.7 Å². The lowest BCUT2D eigenvalue weighted by atomic mass is 9.81. The van der Waals surface area contributed by atoms with E-state index in [1.54, 1.807) is 11.8 Å². The summed E-state index contributed by atoms with van der Waals surface area (Å²) >= 11 is 6.13. The molecule has 548 valence electrons. The van der Waals surface area contributed by atoms with E-state index in [1.807, 2.05) is 34.6 Å². The van der Waals surface area contributed by atoms with Gasteiger partial charge in [-0.3, -0.25) is 57.5 Å². The van der Waals surface area contributed by atoms with E-state index in [4.69, 9.17) is 11.6 Å². The number of carbonyl (C=O) groups is 12. The zero-order valence-corrected chi connectivity index (χ0v) is 60.7. The first kappa shape index (κ1) is 79.9. The SMILES string of the molecule is CC[C@H](C)[C@@H]1NC(=O)[C@H](CC(C)C)N(C)C(=O)C[C@@H](C(=O)N2CCCCC2)N(C)C(=O)[C@H](C2CCCCC2)N(C)C(=O)C2(CCCC2)NC(=O)[C@@H]2CCCN2C(=O)[C@H](CCc2ccc(C(F)(F)F)c(Cl)c2)NC(=O)CN(C)C(=O)[C@H](CC(C)C)N(C)C(=O)CN(C)C(=O)CN(C)C1=O. The number of likely N-dealkylation sites (N-methyl/N-ethyl adjacent to an activating group) is 7. The molecule has 28 heteroatoms. The highest BCUT2D eigenvalue weighted by molar-refractivity contribution is 6.31. The van der Waals surface area contributed by atoms with Gasteiger partial charge in [-0.15, -0.1) is 0 Å². The average molecular weight is 1400 g/mol. The predicted molar refractivity (Wildman–Crippen MR) is 362 cm³/mol. The van der Waals surface area contributed by atoms with Crippen LogP contribution < -0.4 is 16.0 Å². The van der Waals surface area contributed by atoms with Crippen LogP contribution in [0.25, 0.3) is 0 Å². The molecule has 8 atom stereocenters. The Morgan fingerprint density at radius 3 is 1.79 bits per heavy atom. The van der Waals surface area contributed by atoms with Crippen molar-refractivity contribution in [3.8, 4) is 0 Å². The van der Waals surface area contributed by atoms with Crippen molar-refractivity contribution in [3.05, 3.63) is 34.3 Å². The maximum Gasteiger partial charge on any atom is 0.417 e. The molecule has 3 saturated heterocycles. The lowest BCUT2D eigenvalue weighted by molar-refractivity contribution is -0.157. The summed E-state index contributed by atoms with van der Waals surface area (Å²) in [5, 5.41) is 8.12. The number of hydrogen-bond acceptors (Lipinski definition) is 12. The summed E-state index contributed by atoms with van der Waals surface area (Å²) in [5.74, 6) is -9.06. The van der Waals surface area contributed by atoms with Crippen molar-refractivity contribution < 1.29 is 70.7 Å². The van der Waals surface area contributed by atoms with Crippen LogP contribution in [0.3, 0.4) is 0 Å². The number of aryl methyl sites for hydroxylation is 1. The van der Waals surface area contributed by atoms with Crippen LogP contribution in [0.4, 0.5) is 13.2 Å². The fraction of sp³-hybridized carbons (Fsp3) is 0.743. The summed E-state index contributed by atoms with van der Waals surface area (Å²) in [5.41, 5.74) is -2.35. The summed E-state index contributed by atoms with van der Waals surface area (Å²) in [6.45, 7) is 10.0. The standard InChI is InChI=1S/C70H108ClF3N12O12/c1-14-45(6)59-66(96)80(9)41-57(89)78(7)42-58(90)82(11)53(37-44(4)5)64(94)79(8)40-55(87)75-50(30-28-46-27-29-48(49(71)38-46)70(72,73)74)63(93)86-35-23-26-51(86)62(92)77-69(31-19-20-32-69)68(98)84(13)60(47-24-17-15-18-25-47)67(97)83(12)54(65(95)85-33-21-16-22-34-85)39-56(88)81(10)52(36-43(2)3)61(91)76-59/h27,29,38,43-45,47,50-54,59-60H,14-26,28,30-37,39-42H2,1-13H3,(H,75,87)(H,76,91)(H,77,92)/t45-,50-,51-,52-,53-,54-,59-,60-/m0/s1. The summed E-state index contributed by atoms with van der Waals surface area (Å²) in [6.07, 6.45) is 2.61. The molecular formula is C70H108ClF3N12O12. The number of benzene rings is 1. The lowest BCUT2D eigenvalue weighted by Gasteiger charge is -2.43. The maximum atomic E-state index is 15.8. The molecule has 0 aromatic heterocycles. The number of alkyl halides is 3. The molecule has 1 aromatic carbocycles. The quantitative estimate of drug-likeness (QED) is 0.248. The topological polar surface area (TPSA) is 270 Å². The Hall–Kier alpha value is -7.06. The molecule has 3 N–H and O–H groups in total. The third-order valence-electron chi connectivity index (χ3n) is 20.8. The highest BCUT2D eigenvalue weighted by Crippen LogP contribution is 2.38. The van der Waals surface area contributed by atoms with Gasteiger partial charge in [0.25, 0.3) is 0 Å². The zero-order chi connectivity index (χ0) is 72.8. The zero-order valence-electron chi connectivity index (χ0n) is 59.9. The minimum atomic E-state index is -4.76. The first-order valence-electron chi connectivity index (χ1n) is 35.2. The van der Waals surface area contributed by atoms with Gasteiger partial charge in [0.15, 0.2) is 0 Å². The number of amides is 12. The van der Waals surface area contributed by atoms with Crippen LogP contribution in [0.5, 0.6) is 0 Å². The van der Waals surface area contributed by atoms with E-state index in [2.05, 4.69) is 16.0 Å². The van der Waals surface area contributed by atoms with Crippen molar-refractivity contribution in [1.29, 1.82) is 0 Å². The molecule has 3 aliphatic heterocycles. The van der Waals surface area contributed by atoms with E-state index in [0.29, 0.717) is 70.0 Å². The molecule has 1 aromatic rings. The smallest absolute Gasteiger partial charge is 0.343 e. The number of carbonyl (C=O) groups excluding carboxylic acids is 12. The first-order chi connectivity index (χ1) is 46.0. The third-order valence-corrected chi connectivity index (χ3v) is 21.1. The number of nitrogens with zero attached hydrogens (tertiary/aromatic N) is 9. The largest absolute Gasteiger partial charge is 0.417 e. The highest BCUT2D eigenvalue weighted by Gasteiger charge is 2.51. The number of nitrogens with one attached hydrogen (secondary N) is 3. The third kappa shape index (κ3) is 20.1. The summed E-state index contributed by atoms with van der Waals surface area (Å²) in [4.78, 5) is 190. The monoisotopic (exact) mass is 1400 g/mol. The number of likely N-dealkylation sites (tertiary alicyclic amines) is 1. The second-order valence-electron chi connectivity index (χ2n) is 29.1. The van der Waals surface area contributed by atoms with Gasteiger partial charge in [-0.2, -0.15) is 13.2 Å². The van der Waals surface area contributed by atoms with E-state index >= 15 is 28.8 Å². The van der Waals surface area contributed by atoms with Crippen LogP contribution in [0.15, 0.2) is 18.2 Å². The molecule has 5 aliphatic rings. The number of rotatable bonds is 11. The Bertz CT molecular complexity index is 3050. The van der Waals surface area contributed by atoms with Gasteiger partial charge in [0.2, 0.25) is 70.9 Å². The number of fused-ring (bicyclic) bond motifs is 1. The van der Waals surface area contributed by atoms with Gasteiger partial charge < -0.3 is 60.0 Å². The minimum absolute atomic E-state index is 0.0337. The van der Waals surface area contributed by atoms with Gasteiger partial charge >= 0.3 is 6.18 Å². The fourth-order valence-corrected chi connectivity index (χ4v) is 14.9. The molecule has 3 heterocycles. The van der Waals surface area contributed by atoms with E-state index in [0.717, 1.165) is 52.5 Å². The van der Waals surface area contributed by atoms with Crippen molar-refractivity contribution >= 4 is 82.5 Å². The van der Waals surface area contributed by atoms with E-state index in [1.165, 1.54) is 79.9 Å². The maximum absolute atomic E-state index is 15.8. The summed E-state index contributed by atoms with van der Waals surface area (Å²) in [7, 11) is 9.88. The molecule has 0 unspecified atom stereocenters. The molecule has 0 bridgehead atoms. The van der Waals surface area contributed by atoms with Crippen LogP contribution in [0.1, 0.15) is 175 Å². The van der Waals surface area contributed by atoms with Crippen molar-refractivity contribution in [2.24, 2.45) is 23.7 Å².